The van der Waals surface area contributed by atoms with Crippen LogP contribution in [0.3, 0.4) is 0 Å². The summed E-state index contributed by atoms with van der Waals surface area (Å²) in [4.78, 5) is 18.6. The van der Waals surface area contributed by atoms with Crippen molar-refractivity contribution in [1.29, 1.82) is 0 Å². The predicted molar refractivity (Wildman–Crippen MR) is 91.7 cm³/mol. The number of hydrogen-bond donors (Lipinski definition) is 2. The molecule has 2 N–H and O–H groups in total. The van der Waals surface area contributed by atoms with Crippen molar-refractivity contribution >= 4 is 11.7 Å². The summed E-state index contributed by atoms with van der Waals surface area (Å²) in [6.45, 7) is 4.68. The highest BCUT2D eigenvalue weighted by molar-refractivity contribution is 5.91. The summed E-state index contributed by atoms with van der Waals surface area (Å²) in [5, 5.41) is 12.6. The Kier molecular flexibility index (Phi) is 4.85. The van der Waals surface area contributed by atoms with Gasteiger partial charge in [0.15, 0.2) is 0 Å². The van der Waals surface area contributed by atoms with Crippen molar-refractivity contribution in [1.82, 2.24) is 9.88 Å². The van der Waals surface area contributed by atoms with E-state index in [1.807, 2.05) is 25.1 Å². The first-order valence-corrected chi connectivity index (χ1v) is 8.29. The molecular formula is C18H23N3O3. The molecule has 3 rings (SSSR count). The van der Waals surface area contributed by atoms with Crippen LogP contribution < -0.4 is 5.32 Å². The van der Waals surface area contributed by atoms with Crippen molar-refractivity contribution in [2.24, 2.45) is 5.92 Å². The summed E-state index contributed by atoms with van der Waals surface area (Å²) < 4.78 is 5.32. The molecule has 0 bridgehead atoms. The van der Waals surface area contributed by atoms with Gasteiger partial charge in [0.1, 0.15) is 6.26 Å². The lowest BCUT2D eigenvalue weighted by molar-refractivity contribution is 0.0811. The molecule has 1 aliphatic heterocycles. The number of aromatic nitrogens is 1. The van der Waals surface area contributed by atoms with Crippen LogP contribution in [0.4, 0.5) is 10.5 Å². The number of anilines is 1. The molecule has 128 valence electrons. The molecule has 0 radical (unpaired) electrons. The normalized spacial score (nSPS) is 20.9. The number of nitrogens with zero attached hydrogens (tertiary/aromatic N) is 2. The lowest BCUT2D eigenvalue weighted by Crippen LogP contribution is -2.51. The molecule has 1 fully saturated rings. The van der Waals surface area contributed by atoms with Gasteiger partial charge in [-0.3, -0.25) is 0 Å². The monoisotopic (exact) mass is 329 g/mol. The van der Waals surface area contributed by atoms with E-state index in [0.717, 1.165) is 29.7 Å². The maximum absolute atomic E-state index is 12.7. The van der Waals surface area contributed by atoms with Gasteiger partial charge in [-0.2, -0.15) is 0 Å². The number of hydrogen-bond acceptors (Lipinski definition) is 4. The molecular weight excluding hydrogens is 306 g/mol. The molecule has 6 nitrogen and oxygen atoms in total. The molecule has 2 atom stereocenters. The fraction of sp³-hybridized carbons (Fsp3) is 0.444. The quantitative estimate of drug-likeness (QED) is 0.906. The number of likely N-dealkylation sites (tertiary alicyclic amines) is 1. The second-order valence-electron chi connectivity index (χ2n) is 6.36. The first-order chi connectivity index (χ1) is 11.6. The molecule has 1 aromatic carbocycles. The van der Waals surface area contributed by atoms with Gasteiger partial charge in [0, 0.05) is 17.8 Å². The predicted octanol–water partition coefficient (Wildman–Crippen LogP) is 3.27. The maximum atomic E-state index is 12.7. The number of aliphatic hydroxyl groups excluding tert-OH is 1. The van der Waals surface area contributed by atoms with Gasteiger partial charge in [-0.25, -0.2) is 9.78 Å². The van der Waals surface area contributed by atoms with Gasteiger partial charge >= 0.3 is 6.03 Å². The Labute approximate surface area is 141 Å². The number of oxazole rings is 1. The zero-order chi connectivity index (χ0) is 17.1. The Bertz CT molecular complexity index is 700. The number of urea groups is 1. The molecule has 1 aliphatic rings. The van der Waals surface area contributed by atoms with Crippen LogP contribution in [0.1, 0.15) is 25.3 Å². The highest BCUT2D eigenvalue weighted by Gasteiger charge is 2.31. The first-order valence-electron chi connectivity index (χ1n) is 8.29. The second-order valence-corrected chi connectivity index (χ2v) is 6.36. The molecule has 1 saturated heterocycles. The van der Waals surface area contributed by atoms with E-state index in [4.69, 9.17) is 4.42 Å². The van der Waals surface area contributed by atoms with Crippen molar-refractivity contribution in [2.45, 2.75) is 32.7 Å². The van der Waals surface area contributed by atoms with Crippen molar-refractivity contribution in [3.63, 3.8) is 0 Å². The Morgan fingerprint density at radius 1 is 1.50 bits per heavy atom. The minimum atomic E-state index is -0.173. The number of piperidine rings is 1. The molecule has 2 unspecified atom stereocenters. The minimum Gasteiger partial charge on any atom is -0.445 e. The Hall–Kier alpha value is -2.34. The third-order valence-electron chi connectivity index (χ3n) is 4.72. The van der Waals surface area contributed by atoms with Crippen LogP contribution in [0.2, 0.25) is 0 Å². The number of carbonyl (C=O) groups is 1. The van der Waals surface area contributed by atoms with E-state index in [2.05, 4.69) is 17.2 Å². The zero-order valence-electron chi connectivity index (χ0n) is 14.0. The van der Waals surface area contributed by atoms with Crippen molar-refractivity contribution in [3.8, 4) is 11.5 Å². The zero-order valence-corrected chi connectivity index (χ0v) is 14.0. The van der Waals surface area contributed by atoms with Crippen LogP contribution in [0, 0.1) is 12.8 Å². The van der Waals surface area contributed by atoms with Gasteiger partial charge in [-0.05, 0) is 43.4 Å². The molecule has 6 heteroatoms. The summed E-state index contributed by atoms with van der Waals surface area (Å²) in [6, 6.07) is 5.40. The van der Waals surface area contributed by atoms with Crippen LogP contribution >= 0.6 is 0 Å². The topological polar surface area (TPSA) is 78.6 Å². The molecule has 2 amide bonds. The van der Waals surface area contributed by atoms with E-state index < -0.39 is 0 Å². The number of aliphatic hydroxyl groups is 1. The molecule has 0 aliphatic carbocycles. The number of benzene rings is 1. The third kappa shape index (κ3) is 3.28. The van der Waals surface area contributed by atoms with E-state index in [9.17, 15) is 9.90 Å². The van der Waals surface area contributed by atoms with Gasteiger partial charge in [-0.15, -0.1) is 0 Å². The summed E-state index contributed by atoms with van der Waals surface area (Å²) in [5.41, 5.74) is 2.50. The number of amides is 2. The SMILES string of the molecule is Cc1ccc(-c2ncco2)cc1NC(=O)N1CCCC(C)C1CO. The van der Waals surface area contributed by atoms with Crippen molar-refractivity contribution in [2.75, 3.05) is 18.5 Å². The lowest BCUT2D eigenvalue weighted by atomic mass is 9.91. The third-order valence-corrected chi connectivity index (χ3v) is 4.72. The lowest BCUT2D eigenvalue weighted by Gasteiger charge is -2.39. The first kappa shape index (κ1) is 16.5. The van der Waals surface area contributed by atoms with E-state index in [0.29, 0.717) is 18.4 Å². The van der Waals surface area contributed by atoms with Gasteiger partial charge < -0.3 is 19.7 Å². The van der Waals surface area contributed by atoms with E-state index >= 15 is 0 Å². The number of carbonyl (C=O) groups excluding carboxylic acids is 1. The minimum absolute atomic E-state index is 0.01000. The highest BCUT2D eigenvalue weighted by Crippen LogP contribution is 2.27. The summed E-state index contributed by atoms with van der Waals surface area (Å²) in [6.07, 6.45) is 5.11. The number of aryl methyl sites for hydroxylation is 1. The van der Waals surface area contributed by atoms with Gasteiger partial charge in [0.25, 0.3) is 0 Å². The maximum Gasteiger partial charge on any atom is 0.322 e. The smallest absolute Gasteiger partial charge is 0.322 e. The van der Waals surface area contributed by atoms with E-state index in [1.165, 1.54) is 6.26 Å². The fourth-order valence-electron chi connectivity index (χ4n) is 3.22. The number of nitrogens with one attached hydrogen (secondary N) is 1. The van der Waals surface area contributed by atoms with Crippen LogP contribution in [0.25, 0.3) is 11.5 Å². The second kappa shape index (κ2) is 7.05. The molecule has 2 aromatic rings. The van der Waals surface area contributed by atoms with Crippen LogP contribution in [-0.2, 0) is 0 Å². The summed E-state index contributed by atoms with van der Waals surface area (Å²) in [7, 11) is 0. The Morgan fingerprint density at radius 3 is 3.04 bits per heavy atom. The van der Waals surface area contributed by atoms with Crippen molar-refractivity contribution in [3.05, 3.63) is 36.2 Å². The Morgan fingerprint density at radius 2 is 2.33 bits per heavy atom. The largest absolute Gasteiger partial charge is 0.445 e. The molecule has 1 aromatic heterocycles. The molecule has 0 spiro atoms. The van der Waals surface area contributed by atoms with Crippen molar-refractivity contribution < 1.29 is 14.3 Å². The summed E-state index contributed by atoms with van der Waals surface area (Å²) >= 11 is 0. The highest BCUT2D eigenvalue weighted by atomic mass is 16.3. The van der Waals surface area contributed by atoms with E-state index in [-0.39, 0.29) is 18.7 Å². The average molecular weight is 329 g/mol. The van der Waals surface area contributed by atoms with Crippen LogP contribution in [0.15, 0.2) is 35.1 Å². The van der Waals surface area contributed by atoms with Crippen LogP contribution in [-0.4, -0.2) is 40.2 Å². The van der Waals surface area contributed by atoms with Gasteiger partial charge in [0.05, 0.1) is 18.8 Å². The van der Waals surface area contributed by atoms with E-state index in [1.54, 1.807) is 11.1 Å². The van der Waals surface area contributed by atoms with Gasteiger partial charge in [-0.1, -0.05) is 13.0 Å². The molecule has 24 heavy (non-hydrogen) atoms. The van der Waals surface area contributed by atoms with Gasteiger partial charge in [0.2, 0.25) is 5.89 Å². The molecule has 0 saturated carbocycles. The summed E-state index contributed by atoms with van der Waals surface area (Å²) in [5.74, 6) is 0.819. The van der Waals surface area contributed by atoms with Crippen LogP contribution in [0.5, 0.6) is 0 Å². The molecule has 2 heterocycles. The average Bonchev–Trinajstić information content (AvgIpc) is 3.11. The standard InChI is InChI=1S/C18H23N3O3/c1-12-5-6-14(17-19-7-9-24-17)10-15(12)20-18(23)21-8-3-4-13(2)16(21)11-22/h5-7,9-10,13,16,22H,3-4,8,11H2,1-2H3,(H,20,23). The Balaban J connectivity index is 1.80. The number of rotatable bonds is 3. The fourth-order valence-corrected chi connectivity index (χ4v) is 3.22.